The molecule has 0 N–H and O–H groups in total. The average molecular weight is 515 g/mol. The lowest BCUT2D eigenvalue weighted by Gasteiger charge is -2.08. The van der Waals surface area contributed by atoms with Crippen LogP contribution in [0.25, 0.3) is 0 Å². The number of ether oxygens (including phenoxy) is 4. The molecule has 6 nitrogen and oxygen atoms in total. The van der Waals surface area contributed by atoms with Gasteiger partial charge in [0.25, 0.3) is 0 Å². The summed E-state index contributed by atoms with van der Waals surface area (Å²) in [5.41, 5.74) is 4.01. The lowest BCUT2D eigenvalue weighted by molar-refractivity contribution is 0.0918. The van der Waals surface area contributed by atoms with Gasteiger partial charge in [-0.25, -0.2) is 9.59 Å². The second-order valence-electron chi connectivity index (χ2n) is 8.03. The van der Waals surface area contributed by atoms with Crippen molar-refractivity contribution in [2.45, 2.75) is 24.7 Å². The van der Waals surface area contributed by atoms with Crippen LogP contribution in [0.3, 0.4) is 0 Å². The van der Waals surface area contributed by atoms with Gasteiger partial charge in [-0.3, -0.25) is 0 Å². The molecule has 4 aromatic rings. The van der Waals surface area contributed by atoms with Crippen molar-refractivity contribution in [1.29, 1.82) is 0 Å². The van der Waals surface area contributed by atoms with E-state index >= 15 is 0 Å². The number of rotatable bonds is 10. The van der Waals surface area contributed by atoms with Crippen LogP contribution in [0.5, 0.6) is 11.5 Å². The number of hydrogen-bond donors (Lipinski definition) is 0. The molecule has 0 saturated heterocycles. The van der Waals surface area contributed by atoms with Crippen LogP contribution >= 0.6 is 11.8 Å². The molecule has 0 radical (unpaired) electrons. The molecule has 0 heterocycles. The fraction of sp³-hybridized carbons (Fsp3) is 0.133. The number of hydrogen-bond acceptors (Lipinski definition) is 7. The van der Waals surface area contributed by atoms with Crippen LogP contribution in [0.4, 0.5) is 9.59 Å². The molecule has 0 aromatic heterocycles. The quantitative estimate of drug-likeness (QED) is 0.160. The van der Waals surface area contributed by atoms with Gasteiger partial charge in [0.05, 0.1) is 0 Å². The predicted molar refractivity (Wildman–Crippen MR) is 142 cm³/mol. The van der Waals surface area contributed by atoms with Gasteiger partial charge in [-0.2, -0.15) is 11.8 Å². The van der Waals surface area contributed by atoms with Crippen molar-refractivity contribution in [2.75, 3.05) is 0 Å². The third-order valence-electron chi connectivity index (χ3n) is 5.19. The first kappa shape index (κ1) is 25.9. The van der Waals surface area contributed by atoms with Gasteiger partial charge in [-0.15, -0.1) is 0 Å². The van der Waals surface area contributed by atoms with Crippen LogP contribution in [0.15, 0.2) is 109 Å². The predicted octanol–water partition coefficient (Wildman–Crippen LogP) is 7.55. The standard InChI is InChI=1S/C30H26O6S/c31-29(33-19-23-7-3-1-4-8-23)35-27-15-11-25(12-16-27)21-37-22-26-13-17-28(18-14-26)36-30(32)34-20-24-9-5-2-6-10-24/h1-18H,19-22H2. The zero-order valence-electron chi connectivity index (χ0n) is 20.1. The Morgan fingerprint density at radius 2 is 0.865 bits per heavy atom. The normalized spacial score (nSPS) is 10.4. The van der Waals surface area contributed by atoms with E-state index < -0.39 is 12.3 Å². The van der Waals surface area contributed by atoms with Gasteiger partial charge in [0.2, 0.25) is 0 Å². The summed E-state index contributed by atoms with van der Waals surface area (Å²) in [6, 6.07) is 33.6. The molecule has 4 aromatic carbocycles. The maximum atomic E-state index is 11.9. The third-order valence-corrected chi connectivity index (χ3v) is 6.26. The highest BCUT2D eigenvalue weighted by atomic mass is 32.2. The Labute approximate surface area is 220 Å². The molecule has 4 rings (SSSR count). The van der Waals surface area contributed by atoms with Gasteiger partial charge in [-0.1, -0.05) is 84.9 Å². The summed E-state index contributed by atoms with van der Waals surface area (Å²) in [7, 11) is 0. The van der Waals surface area contributed by atoms with Crippen molar-refractivity contribution in [1.82, 2.24) is 0 Å². The Hall–Kier alpha value is -4.23. The van der Waals surface area contributed by atoms with Gasteiger partial charge < -0.3 is 18.9 Å². The van der Waals surface area contributed by atoms with Gasteiger partial charge in [0.15, 0.2) is 0 Å². The summed E-state index contributed by atoms with van der Waals surface area (Å²) >= 11 is 1.75. The lowest BCUT2D eigenvalue weighted by atomic mass is 10.2. The van der Waals surface area contributed by atoms with E-state index in [1.807, 2.05) is 84.9 Å². The highest BCUT2D eigenvalue weighted by Gasteiger charge is 2.08. The third kappa shape index (κ3) is 9.05. The molecule has 0 fully saturated rings. The van der Waals surface area contributed by atoms with Crippen molar-refractivity contribution in [3.8, 4) is 11.5 Å². The molecule has 188 valence electrons. The molecule has 0 aliphatic heterocycles. The summed E-state index contributed by atoms with van der Waals surface area (Å²) in [6.45, 7) is 0.333. The van der Waals surface area contributed by atoms with Crippen LogP contribution in [0.1, 0.15) is 22.3 Å². The van der Waals surface area contributed by atoms with Crippen LogP contribution < -0.4 is 9.47 Å². The Kier molecular flexibility index (Phi) is 9.61. The molecule has 0 bridgehead atoms. The van der Waals surface area contributed by atoms with Crippen molar-refractivity contribution < 1.29 is 28.5 Å². The van der Waals surface area contributed by atoms with E-state index in [0.29, 0.717) is 11.5 Å². The maximum Gasteiger partial charge on any atom is 0.514 e. The van der Waals surface area contributed by atoms with Crippen LogP contribution in [-0.2, 0) is 34.2 Å². The first-order chi connectivity index (χ1) is 18.1. The number of thioether (sulfide) groups is 1. The highest BCUT2D eigenvalue weighted by molar-refractivity contribution is 7.97. The zero-order chi connectivity index (χ0) is 25.7. The average Bonchev–Trinajstić information content (AvgIpc) is 2.94. The van der Waals surface area contributed by atoms with Crippen molar-refractivity contribution in [2.24, 2.45) is 0 Å². The fourth-order valence-corrected chi connectivity index (χ4v) is 4.24. The number of benzene rings is 4. The monoisotopic (exact) mass is 514 g/mol. The van der Waals surface area contributed by atoms with E-state index in [4.69, 9.17) is 18.9 Å². The first-order valence-electron chi connectivity index (χ1n) is 11.7. The van der Waals surface area contributed by atoms with E-state index in [1.165, 1.54) is 0 Å². The summed E-state index contributed by atoms with van der Waals surface area (Å²) < 4.78 is 20.7. The SMILES string of the molecule is O=C(OCc1ccccc1)Oc1ccc(CSCc2ccc(OC(=O)OCc3ccccc3)cc2)cc1. The Morgan fingerprint density at radius 1 is 0.486 bits per heavy atom. The molecule has 0 spiro atoms. The highest BCUT2D eigenvalue weighted by Crippen LogP contribution is 2.22. The molecule has 7 heteroatoms. The molecule has 37 heavy (non-hydrogen) atoms. The summed E-state index contributed by atoms with van der Waals surface area (Å²) in [6.07, 6.45) is -1.47. The van der Waals surface area contributed by atoms with E-state index in [0.717, 1.165) is 33.8 Å². The lowest BCUT2D eigenvalue weighted by Crippen LogP contribution is -2.10. The smallest absolute Gasteiger partial charge is 0.429 e. The molecular formula is C30H26O6S. The second-order valence-corrected chi connectivity index (χ2v) is 9.02. The van der Waals surface area contributed by atoms with Gasteiger partial charge >= 0.3 is 12.3 Å². The molecule has 0 unspecified atom stereocenters. The van der Waals surface area contributed by atoms with Gasteiger partial charge in [-0.05, 0) is 46.5 Å². The van der Waals surface area contributed by atoms with Crippen molar-refractivity contribution in [3.05, 3.63) is 131 Å². The van der Waals surface area contributed by atoms with E-state index in [-0.39, 0.29) is 13.2 Å². The van der Waals surface area contributed by atoms with Crippen LogP contribution in [0.2, 0.25) is 0 Å². The second kappa shape index (κ2) is 13.8. The number of carbonyl (C=O) groups is 2. The van der Waals surface area contributed by atoms with Gasteiger partial charge in [0, 0.05) is 11.5 Å². The molecule has 0 saturated carbocycles. The van der Waals surface area contributed by atoms with E-state index in [9.17, 15) is 9.59 Å². The summed E-state index contributed by atoms with van der Waals surface area (Å²) in [5.74, 6) is 2.46. The van der Waals surface area contributed by atoms with Crippen LogP contribution in [-0.4, -0.2) is 12.3 Å². The fourth-order valence-electron chi connectivity index (χ4n) is 3.28. The van der Waals surface area contributed by atoms with Crippen molar-refractivity contribution >= 4 is 24.1 Å². The number of carbonyl (C=O) groups excluding carboxylic acids is 2. The summed E-state index contributed by atoms with van der Waals surface area (Å²) in [5, 5.41) is 0. The Bertz CT molecular complexity index is 1160. The molecule has 0 aliphatic carbocycles. The summed E-state index contributed by atoms with van der Waals surface area (Å²) in [4.78, 5) is 23.8. The minimum atomic E-state index is -0.733. The van der Waals surface area contributed by atoms with E-state index in [1.54, 1.807) is 36.0 Å². The first-order valence-corrected chi connectivity index (χ1v) is 12.8. The molecule has 0 amide bonds. The maximum absolute atomic E-state index is 11.9. The molecular weight excluding hydrogens is 488 g/mol. The topological polar surface area (TPSA) is 71.1 Å². The minimum absolute atomic E-state index is 0.167. The zero-order valence-corrected chi connectivity index (χ0v) is 20.9. The molecule has 0 aliphatic rings. The van der Waals surface area contributed by atoms with Gasteiger partial charge in [0.1, 0.15) is 24.7 Å². The minimum Gasteiger partial charge on any atom is -0.429 e. The van der Waals surface area contributed by atoms with E-state index in [2.05, 4.69) is 0 Å². The largest absolute Gasteiger partial charge is 0.514 e. The Morgan fingerprint density at radius 3 is 1.24 bits per heavy atom. The molecule has 0 atom stereocenters. The van der Waals surface area contributed by atoms with Crippen molar-refractivity contribution in [3.63, 3.8) is 0 Å². The van der Waals surface area contributed by atoms with Crippen LogP contribution in [0, 0.1) is 0 Å². The Balaban J connectivity index is 1.14.